The van der Waals surface area contributed by atoms with Crippen molar-refractivity contribution in [2.24, 2.45) is 5.73 Å². The summed E-state index contributed by atoms with van der Waals surface area (Å²) >= 11 is 0. The maximum absolute atomic E-state index is 9.19. The Bertz CT molecular complexity index is 65.9. The molecule has 0 saturated carbocycles. The minimum absolute atomic E-state index is 0.0232. The molecule has 0 aromatic heterocycles. The third-order valence-corrected chi connectivity index (χ3v) is 1.55. The minimum atomic E-state index is -0.292. The van der Waals surface area contributed by atoms with Gasteiger partial charge in [0.15, 0.2) is 0 Å². The summed E-state index contributed by atoms with van der Waals surface area (Å²) in [5.41, 5.74) is 5.55. The van der Waals surface area contributed by atoms with Gasteiger partial charge in [-0.3, -0.25) is 0 Å². The summed E-state index contributed by atoms with van der Waals surface area (Å²) in [6.07, 6.45) is 2.41. The zero-order chi connectivity index (χ0) is 7.28. The normalized spacial score (nSPS) is 17.3. The molecule has 56 valence electrons. The smallest absolute Gasteiger partial charge is 0.0690 e. The van der Waals surface area contributed by atoms with E-state index < -0.39 is 0 Å². The van der Waals surface area contributed by atoms with Crippen LogP contribution in [0.2, 0.25) is 0 Å². The summed E-state index contributed by atoms with van der Waals surface area (Å²) in [5.74, 6) is 0. The van der Waals surface area contributed by atoms with Crippen molar-refractivity contribution in [2.45, 2.75) is 45.3 Å². The molecule has 0 aromatic carbocycles. The van der Waals surface area contributed by atoms with E-state index in [1.807, 2.05) is 13.8 Å². The number of aliphatic hydroxyl groups is 1. The monoisotopic (exact) mass is 131 g/mol. The third-order valence-electron chi connectivity index (χ3n) is 1.55. The molecule has 9 heavy (non-hydrogen) atoms. The van der Waals surface area contributed by atoms with Crippen LogP contribution in [-0.2, 0) is 0 Å². The average Bonchev–Trinajstić information content (AvgIpc) is 1.87. The van der Waals surface area contributed by atoms with E-state index in [9.17, 15) is 5.11 Å². The Kier molecular flexibility index (Phi) is 4.72. The second kappa shape index (κ2) is 4.77. The van der Waals surface area contributed by atoms with E-state index in [0.717, 1.165) is 19.3 Å². The highest BCUT2D eigenvalue weighted by Crippen LogP contribution is 2.01. The van der Waals surface area contributed by atoms with Gasteiger partial charge in [-0.25, -0.2) is 0 Å². The van der Waals surface area contributed by atoms with Crippen LogP contribution >= 0.6 is 0 Å². The lowest BCUT2D eigenvalue weighted by molar-refractivity contribution is 0.132. The first-order valence-electron chi connectivity index (χ1n) is 3.66. The van der Waals surface area contributed by atoms with Crippen molar-refractivity contribution < 1.29 is 5.11 Å². The fourth-order valence-electron chi connectivity index (χ4n) is 0.782. The second-order valence-electron chi connectivity index (χ2n) is 2.43. The number of rotatable bonds is 4. The van der Waals surface area contributed by atoms with Crippen LogP contribution in [0.3, 0.4) is 0 Å². The van der Waals surface area contributed by atoms with Crippen LogP contribution in [0, 0.1) is 0 Å². The molecule has 0 spiro atoms. The average molecular weight is 131 g/mol. The molecule has 0 rings (SSSR count). The summed E-state index contributed by atoms with van der Waals surface area (Å²) in [5, 5.41) is 9.19. The fraction of sp³-hybridized carbons (Fsp3) is 1.00. The molecular weight excluding hydrogens is 114 g/mol. The molecule has 0 fully saturated rings. The topological polar surface area (TPSA) is 46.2 Å². The molecule has 3 N–H and O–H groups in total. The lowest BCUT2D eigenvalue weighted by Gasteiger charge is -2.15. The fourth-order valence-corrected chi connectivity index (χ4v) is 0.782. The van der Waals surface area contributed by atoms with E-state index in [0.29, 0.717) is 0 Å². The van der Waals surface area contributed by atoms with Gasteiger partial charge in [0.05, 0.1) is 6.10 Å². The van der Waals surface area contributed by atoms with Gasteiger partial charge in [0.1, 0.15) is 0 Å². The van der Waals surface area contributed by atoms with Crippen molar-refractivity contribution in [2.75, 3.05) is 0 Å². The van der Waals surface area contributed by atoms with Gasteiger partial charge >= 0.3 is 0 Å². The van der Waals surface area contributed by atoms with Crippen molar-refractivity contribution in [3.8, 4) is 0 Å². The van der Waals surface area contributed by atoms with Crippen molar-refractivity contribution in [1.82, 2.24) is 0 Å². The predicted octanol–water partition coefficient (Wildman–Crippen LogP) is 0.885. The minimum Gasteiger partial charge on any atom is -0.392 e. The Morgan fingerprint density at radius 2 is 2.00 bits per heavy atom. The molecule has 2 nitrogen and oxygen atoms in total. The maximum Gasteiger partial charge on any atom is 0.0690 e. The maximum atomic E-state index is 9.19. The zero-order valence-electron chi connectivity index (χ0n) is 6.30. The SMILES string of the molecule is CCCC(O)C(N)CC. The van der Waals surface area contributed by atoms with Crippen LogP contribution in [0.1, 0.15) is 33.1 Å². The van der Waals surface area contributed by atoms with Gasteiger partial charge in [-0.15, -0.1) is 0 Å². The van der Waals surface area contributed by atoms with Crippen LogP contribution < -0.4 is 5.73 Å². The summed E-state index contributed by atoms with van der Waals surface area (Å²) < 4.78 is 0. The highest BCUT2D eigenvalue weighted by atomic mass is 16.3. The molecule has 0 aliphatic carbocycles. The Balaban J connectivity index is 3.32. The molecule has 0 aliphatic heterocycles. The van der Waals surface area contributed by atoms with E-state index >= 15 is 0 Å². The molecule has 0 radical (unpaired) electrons. The third kappa shape index (κ3) is 3.49. The molecule has 2 unspecified atom stereocenters. The Morgan fingerprint density at radius 1 is 1.44 bits per heavy atom. The lowest BCUT2D eigenvalue weighted by Crippen LogP contribution is -2.33. The molecule has 0 bridgehead atoms. The summed E-state index contributed by atoms with van der Waals surface area (Å²) in [4.78, 5) is 0. The van der Waals surface area contributed by atoms with Crippen LogP contribution in [0.5, 0.6) is 0 Å². The van der Waals surface area contributed by atoms with E-state index in [-0.39, 0.29) is 12.1 Å². The van der Waals surface area contributed by atoms with Gasteiger partial charge in [0.25, 0.3) is 0 Å². The standard InChI is InChI=1S/C7H17NO/c1-3-5-7(9)6(8)4-2/h6-7,9H,3-5,8H2,1-2H3. The van der Waals surface area contributed by atoms with Gasteiger partial charge in [0.2, 0.25) is 0 Å². The zero-order valence-corrected chi connectivity index (χ0v) is 6.30. The molecule has 0 aromatic rings. The van der Waals surface area contributed by atoms with E-state index in [1.165, 1.54) is 0 Å². The molecule has 2 atom stereocenters. The highest BCUT2D eigenvalue weighted by molar-refractivity contribution is 4.68. The Hall–Kier alpha value is -0.0800. The number of hydrogen-bond donors (Lipinski definition) is 2. The predicted molar refractivity (Wildman–Crippen MR) is 39.2 cm³/mol. The number of aliphatic hydroxyl groups excluding tert-OH is 1. The highest BCUT2D eigenvalue weighted by Gasteiger charge is 2.09. The molecular formula is C7H17NO. The second-order valence-corrected chi connectivity index (χ2v) is 2.43. The van der Waals surface area contributed by atoms with Crippen molar-refractivity contribution in [1.29, 1.82) is 0 Å². The Labute approximate surface area is 57.1 Å². The van der Waals surface area contributed by atoms with Crippen LogP contribution in [0.4, 0.5) is 0 Å². The van der Waals surface area contributed by atoms with Crippen LogP contribution in [0.25, 0.3) is 0 Å². The van der Waals surface area contributed by atoms with E-state index in [4.69, 9.17) is 5.73 Å². The first kappa shape index (κ1) is 8.92. The van der Waals surface area contributed by atoms with Crippen molar-refractivity contribution >= 4 is 0 Å². The van der Waals surface area contributed by atoms with Gasteiger partial charge in [0, 0.05) is 6.04 Å². The molecule has 0 saturated heterocycles. The van der Waals surface area contributed by atoms with Gasteiger partial charge in [-0.2, -0.15) is 0 Å². The van der Waals surface area contributed by atoms with E-state index in [1.54, 1.807) is 0 Å². The van der Waals surface area contributed by atoms with Gasteiger partial charge in [-0.1, -0.05) is 20.3 Å². The lowest BCUT2D eigenvalue weighted by atomic mass is 10.1. The molecule has 0 aliphatic rings. The largest absolute Gasteiger partial charge is 0.392 e. The van der Waals surface area contributed by atoms with Crippen LogP contribution in [-0.4, -0.2) is 17.3 Å². The van der Waals surface area contributed by atoms with Crippen molar-refractivity contribution in [3.63, 3.8) is 0 Å². The van der Waals surface area contributed by atoms with Crippen LogP contribution in [0.15, 0.2) is 0 Å². The van der Waals surface area contributed by atoms with E-state index in [2.05, 4.69) is 0 Å². The summed E-state index contributed by atoms with van der Waals surface area (Å²) in [7, 11) is 0. The Morgan fingerprint density at radius 3 is 2.33 bits per heavy atom. The van der Waals surface area contributed by atoms with Gasteiger partial charge in [-0.05, 0) is 12.8 Å². The quantitative estimate of drug-likeness (QED) is 0.595. The summed E-state index contributed by atoms with van der Waals surface area (Å²) in [6.45, 7) is 4.04. The first-order valence-corrected chi connectivity index (χ1v) is 3.66. The number of hydrogen-bond acceptors (Lipinski definition) is 2. The summed E-state index contributed by atoms with van der Waals surface area (Å²) in [6, 6.07) is -0.0232. The number of nitrogens with two attached hydrogens (primary N) is 1. The van der Waals surface area contributed by atoms with Crippen molar-refractivity contribution in [3.05, 3.63) is 0 Å². The molecule has 2 heteroatoms. The van der Waals surface area contributed by atoms with Gasteiger partial charge < -0.3 is 10.8 Å². The first-order chi connectivity index (χ1) is 4.22. The molecule has 0 amide bonds. The molecule has 0 heterocycles.